The number of aromatic amines is 1. The number of pyridine rings is 1. The summed E-state index contributed by atoms with van der Waals surface area (Å²) >= 11 is 1.84. The smallest absolute Gasteiger partial charge is 0.335 e. The highest BCUT2D eigenvalue weighted by atomic mass is 127. The van der Waals surface area contributed by atoms with E-state index >= 15 is 0 Å². The van der Waals surface area contributed by atoms with Gasteiger partial charge in [0.1, 0.15) is 9.67 Å². The Morgan fingerprint density at radius 3 is 2.43 bits per heavy atom. The lowest BCUT2D eigenvalue weighted by Crippen LogP contribution is -2.51. The Morgan fingerprint density at radius 1 is 1.05 bits per heavy atom. The van der Waals surface area contributed by atoms with Gasteiger partial charge in [-0.2, -0.15) is 0 Å². The van der Waals surface area contributed by atoms with Crippen molar-refractivity contribution in [2.45, 2.75) is 23.9 Å². The summed E-state index contributed by atoms with van der Waals surface area (Å²) in [5.74, 6) is 0.483. The average molecular weight is 613 g/mol. The molecule has 11 heteroatoms. The molecular weight excluding hydrogens is 589 g/mol. The number of ether oxygens (including phenoxy) is 2. The van der Waals surface area contributed by atoms with E-state index in [-0.39, 0.29) is 18.7 Å². The van der Waals surface area contributed by atoms with Crippen molar-refractivity contribution in [2.75, 3.05) is 7.11 Å². The number of hydrogen-bond acceptors (Lipinski definition) is 7. The number of H-pyrrole nitrogens is 1. The molecule has 10 nitrogen and oxygen atoms in total. The van der Waals surface area contributed by atoms with E-state index in [0.717, 1.165) is 15.7 Å². The summed E-state index contributed by atoms with van der Waals surface area (Å²) in [5, 5.41) is 0. The van der Waals surface area contributed by atoms with Crippen molar-refractivity contribution < 1.29 is 14.3 Å². The highest BCUT2D eigenvalue weighted by Crippen LogP contribution is 2.20. The van der Waals surface area contributed by atoms with Crippen LogP contribution < -0.4 is 21.7 Å². The van der Waals surface area contributed by atoms with Gasteiger partial charge >= 0.3 is 17.3 Å². The lowest BCUT2D eigenvalue weighted by molar-refractivity contribution is -0.139. The molecule has 0 saturated heterocycles. The van der Waals surface area contributed by atoms with Crippen LogP contribution in [0.15, 0.2) is 87.5 Å². The SMILES string of the molecule is COC(=O)[C@@H](I)Cn1c(=O)[nH]/c(=N\c2ccc(Oc3ccccc3)nc2)n(Cc2ccc(C)cc2)c1=O. The Kier molecular flexibility index (Phi) is 8.33. The topological polar surface area (TPSA) is 121 Å². The van der Waals surface area contributed by atoms with Crippen LogP contribution in [0.3, 0.4) is 0 Å². The molecule has 0 amide bonds. The maximum absolute atomic E-state index is 13.4. The second-order valence-electron chi connectivity index (χ2n) is 8.09. The number of carbonyl (C=O) groups excluding carboxylic acids is 1. The fourth-order valence-electron chi connectivity index (χ4n) is 3.41. The Balaban J connectivity index is 1.74. The van der Waals surface area contributed by atoms with Crippen LogP contribution in [0.4, 0.5) is 5.69 Å². The van der Waals surface area contributed by atoms with Gasteiger partial charge < -0.3 is 9.47 Å². The number of nitrogens with zero attached hydrogens (tertiary/aromatic N) is 4. The molecule has 1 atom stereocenters. The first-order chi connectivity index (χ1) is 17.8. The van der Waals surface area contributed by atoms with Crippen molar-refractivity contribution in [3.05, 3.63) is 111 Å². The molecule has 2 heterocycles. The molecule has 0 fully saturated rings. The molecule has 4 rings (SSSR count). The van der Waals surface area contributed by atoms with E-state index in [1.807, 2.05) is 84.1 Å². The number of benzene rings is 2. The van der Waals surface area contributed by atoms with Crippen molar-refractivity contribution >= 4 is 34.2 Å². The second kappa shape index (κ2) is 11.8. The summed E-state index contributed by atoms with van der Waals surface area (Å²) in [6.45, 7) is 1.97. The second-order valence-corrected chi connectivity index (χ2v) is 9.59. The quantitative estimate of drug-likeness (QED) is 0.185. The van der Waals surface area contributed by atoms with E-state index in [1.165, 1.54) is 17.9 Å². The standard InChI is InChI=1S/C26H24IN5O5/c1-17-8-10-18(11-9-17)15-31-24(30-25(34)32(26(31)35)16-21(27)23(33)36-2)29-19-12-13-22(28-14-19)37-20-6-4-3-5-7-20/h3-14,21H,15-16H2,1-2H3,(H,29,30,34)/t21-/m0/s1. The van der Waals surface area contributed by atoms with E-state index in [0.29, 0.717) is 17.3 Å². The molecule has 37 heavy (non-hydrogen) atoms. The molecule has 0 aliphatic rings. The largest absolute Gasteiger partial charge is 0.468 e. The normalized spacial score (nSPS) is 12.2. The van der Waals surface area contributed by atoms with Gasteiger partial charge in [-0.25, -0.2) is 24.1 Å². The van der Waals surface area contributed by atoms with Gasteiger partial charge in [0.05, 0.1) is 32.1 Å². The summed E-state index contributed by atoms with van der Waals surface area (Å²) in [4.78, 5) is 49.6. The number of rotatable bonds is 8. The number of aryl methyl sites for hydroxylation is 1. The van der Waals surface area contributed by atoms with Gasteiger partial charge in [0.25, 0.3) is 0 Å². The Labute approximate surface area is 225 Å². The van der Waals surface area contributed by atoms with E-state index in [9.17, 15) is 14.4 Å². The fourth-order valence-corrected chi connectivity index (χ4v) is 4.06. The van der Waals surface area contributed by atoms with Crippen LogP contribution >= 0.6 is 22.6 Å². The number of para-hydroxylation sites is 1. The average Bonchev–Trinajstić information content (AvgIpc) is 2.91. The molecule has 2 aromatic carbocycles. The van der Waals surface area contributed by atoms with Gasteiger partial charge in [0, 0.05) is 6.07 Å². The third-order valence-electron chi connectivity index (χ3n) is 5.36. The molecule has 0 aliphatic carbocycles. The van der Waals surface area contributed by atoms with Crippen molar-refractivity contribution in [3.63, 3.8) is 0 Å². The monoisotopic (exact) mass is 613 g/mol. The Morgan fingerprint density at radius 2 is 1.78 bits per heavy atom. The van der Waals surface area contributed by atoms with Crippen molar-refractivity contribution in [1.29, 1.82) is 0 Å². The van der Waals surface area contributed by atoms with Gasteiger partial charge in [-0.3, -0.25) is 14.3 Å². The first-order valence-corrected chi connectivity index (χ1v) is 12.5. The molecule has 4 aromatic rings. The predicted molar refractivity (Wildman–Crippen MR) is 145 cm³/mol. The Bertz CT molecular complexity index is 1560. The van der Waals surface area contributed by atoms with Crippen LogP contribution in [0.25, 0.3) is 0 Å². The van der Waals surface area contributed by atoms with Crippen LogP contribution in [-0.2, 0) is 22.6 Å². The zero-order chi connectivity index (χ0) is 26.4. The molecule has 1 N–H and O–H groups in total. The molecule has 190 valence electrons. The predicted octanol–water partition coefficient (Wildman–Crippen LogP) is 3.09. The third kappa shape index (κ3) is 6.61. The summed E-state index contributed by atoms with van der Waals surface area (Å²) in [6.07, 6.45) is 1.48. The summed E-state index contributed by atoms with van der Waals surface area (Å²) < 4.78 is 12.0. The number of alkyl halides is 1. The summed E-state index contributed by atoms with van der Waals surface area (Å²) in [5.41, 5.74) is 1.08. The molecule has 0 unspecified atom stereocenters. The highest BCUT2D eigenvalue weighted by Gasteiger charge is 2.19. The number of esters is 1. The third-order valence-corrected chi connectivity index (χ3v) is 6.27. The number of methoxy groups -OCH3 is 1. The number of carbonyl (C=O) groups is 1. The molecule has 0 aliphatic heterocycles. The molecule has 0 radical (unpaired) electrons. The van der Waals surface area contributed by atoms with Crippen LogP contribution in [0, 0.1) is 6.92 Å². The minimum Gasteiger partial charge on any atom is -0.468 e. The minimum atomic E-state index is -0.724. The number of halogens is 1. The fraction of sp³-hybridized carbons (Fsp3) is 0.192. The molecule has 2 aromatic heterocycles. The molecule has 0 saturated carbocycles. The molecular formula is C26H24IN5O5. The Hall–Kier alpha value is -4.00. The van der Waals surface area contributed by atoms with Gasteiger partial charge in [-0.15, -0.1) is 0 Å². The molecule has 0 spiro atoms. The summed E-state index contributed by atoms with van der Waals surface area (Å²) in [6, 6.07) is 20.2. The van der Waals surface area contributed by atoms with E-state index in [1.54, 1.807) is 12.1 Å². The van der Waals surface area contributed by atoms with Crippen LogP contribution in [0.5, 0.6) is 11.6 Å². The van der Waals surface area contributed by atoms with Gasteiger partial charge in [-0.1, -0.05) is 70.6 Å². The van der Waals surface area contributed by atoms with Crippen molar-refractivity contribution in [2.24, 2.45) is 4.99 Å². The zero-order valence-electron chi connectivity index (χ0n) is 20.1. The zero-order valence-corrected chi connectivity index (χ0v) is 22.3. The van der Waals surface area contributed by atoms with E-state index in [2.05, 4.69) is 15.0 Å². The number of nitrogens with one attached hydrogen (secondary N) is 1. The summed E-state index contributed by atoms with van der Waals surface area (Å²) in [7, 11) is 1.25. The number of hydrogen-bond donors (Lipinski definition) is 1. The first-order valence-electron chi connectivity index (χ1n) is 11.3. The maximum Gasteiger partial charge on any atom is 0.335 e. The molecule has 0 bridgehead atoms. The van der Waals surface area contributed by atoms with Gasteiger partial charge in [0.15, 0.2) is 0 Å². The van der Waals surface area contributed by atoms with Crippen molar-refractivity contribution in [1.82, 2.24) is 19.1 Å². The van der Waals surface area contributed by atoms with E-state index in [4.69, 9.17) is 9.47 Å². The lowest BCUT2D eigenvalue weighted by Gasteiger charge is -2.13. The number of aromatic nitrogens is 4. The van der Waals surface area contributed by atoms with E-state index < -0.39 is 21.3 Å². The van der Waals surface area contributed by atoms with Crippen LogP contribution in [-0.4, -0.2) is 36.1 Å². The van der Waals surface area contributed by atoms with Gasteiger partial charge in [-0.05, 0) is 30.7 Å². The van der Waals surface area contributed by atoms with Crippen molar-refractivity contribution in [3.8, 4) is 11.6 Å². The van der Waals surface area contributed by atoms with Gasteiger partial charge in [0.2, 0.25) is 11.5 Å². The van der Waals surface area contributed by atoms with Crippen LogP contribution in [0.2, 0.25) is 0 Å². The first kappa shape index (κ1) is 26.1. The maximum atomic E-state index is 13.4. The lowest BCUT2D eigenvalue weighted by atomic mass is 10.1. The highest BCUT2D eigenvalue weighted by molar-refractivity contribution is 14.1. The minimum absolute atomic E-state index is 0.0495. The van der Waals surface area contributed by atoms with Crippen LogP contribution in [0.1, 0.15) is 11.1 Å².